The smallest absolute Gasteiger partial charge is 0.344 e. The molecule has 1 amide bonds. The Morgan fingerprint density at radius 1 is 0.864 bits per heavy atom. The first-order valence-electron chi connectivity index (χ1n) is 14.1. The first-order chi connectivity index (χ1) is 21.1. The zero-order valence-corrected chi connectivity index (χ0v) is 25.2. The lowest BCUT2D eigenvalue weighted by atomic mass is 10.2. The summed E-state index contributed by atoms with van der Waals surface area (Å²) in [7, 11) is 0. The van der Waals surface area contributed by atoms with Crippen LogP contribution in [0.4, 0.5) is 0 Å². The highest BCUT2D eigenvalue weighted by Crippen LogP contribution is 2.23. The number of rotatable bonds is 11. The van der Waals surface area contributed by atoms with Crippen LogP contribution in [0.1, 0.15) is 51.6 Å². The van der Waals surface area contributed by atoms with Crippen molar-refractivity contribution in [2.24, 2.45) is 5.10 Å². The molecule has 2 N–H and O–H groups in total. The maximum Gasteiger partial charge on any atom is 0.344 e. The number of hydrogen-bond acceptors (Lipinski definition) is 6. The van der Waals surface area contributed by atoms with Crippen LogP contribution in [0.15, 0.2) is 88.4 Å². The van der Waals surface area contributed by atoms with Crippen molar-refractivity contribution < 1.29 is 28.6 Å². The van der Waals surface area contributed by atoms with E-state index in [-0.39, 0.29) is 12.4 Å². The van der Waals surface area contributed by atoms with Gasteiger partial charge in [-0.05, 0) is 113 Å². The quantitative estimate of drug-likeness (QED) is 0.137. The molecule has 10 heteroatoms. The summed E-state index contributed by atoms with van der Waals surface area (Å²) in [5, 5.41) is 13.2. The largest absolute Gasteiger partial charge is 0.486 e. The molecule has 0 aliphatic carbocycles. The van der Waals surface area contributed by atoms with Crippen LogP contribution in [-0.4, -0.2) is 38.4 Å². The minimum absolute atomic E-state index is 0.125. The number of aryl methyl sites for hydroxylation is 3. The number of aromatic nitrogens is 2. The number of carboxylic acids is 1. The van der Waals surface area contributed by atoms with Crippen LogP contribution < -0.4 is 14.9 Å². The van der Waals surface area contributed by atoms with Crippen LogP contribution in [0.25, 0.3) is 11.4 Å². The number of amides is 1. The summed E-state index contributed by atoms with van der Waals surface area (Å²) in [6, 6.07) is 24.4. The van der Waals surface area contributed by atoms with Gasteiger partial charge in [0.25, 0.3) is 0 Å². The number of benzene rings is 2. The lowest BCUT2D eigenvalue weighted by Crippen LogP contribution is -2.22. The molecule has 5 aromatic rings. The van der Waals surface area contributed by atoms with E-state index in [0.717, 1.165) is 39.7 Å². The molecule has 0 fully saturated rings. The van der Waals surface area contributed by atoms with Gasteiger partial charge in [0, 0.05) is 39.7 Å². The molecule has 3 aromatic heterocycles. The van der Waals surface area contributed by atoms with Crippen LogP contribution in [0.2, 0.25) is 0 Å². The van der Waals surface area contributed by atoms with Crippen molar-refractivity contribution in [3.05, 3.63) is 119 Å². The second-order valence-electron chi connectivity index (χ2n) is 10.5. The molecule has 44 heavy (non-hydrogen) atoms. The number of hydrogen-bond donors (Lipinski definition) is 2. The van der Waals surface area contributed by atoms with Crippen molar-refractivity contribution in [2.75, 3.05) is 0 Å². The fraction of sp³-hybridized carbons (Fsp3) is 0.206. The lowest BCUT2D eigenvalue weighted by molar-refractivity contribution is -0.144. The zero-order chi connectivity index (χ0) is 31.4. The summed E-state index contributed by atoms with van der Waals surface area (Å²) in [6.07, 6.45) is 0.638. The molecule has 1 atom stereocenters. The topological polar surface area (TPSA) is 120 Å². The Hall–Kier alpha value is -5.51. The monoisotopic (exact) mass is 594 g/mol. The van der Waals surface area contributed by atoms with Crippen molar-refractivity contribution in [3.63, 3.8) is 0 Å². The molecule has 0 spiro atoms. The third-order valence-electron chi connectivity index (χ3n) is 7.23. The molecular weight excluding hydrogens is 560 g/mol. The SMILES string of the molecule is Cc1ccc(C)n1-c1ccc(OCc2ccc(C(=O)N/N=C/c3cc(C)n(-c4ccc(O[C@@H](C)C(=O)O)cc4)c3C)o2)cc1. The Morgan fingerprint density at radius 3 is 2.11 bits per heavy atom. The Bertz CT molecular complexity index is 1790. The molecule has 226 valence electrons. The van der Waals surface area contributed by atoms with E-state index in [1.807, 2.05) is 60.9 Å². The van der Waals surface area contributed by atoms with Crippen molar-refractivity contribution in [1.82, 2.24) is 14.6 Å². The molecular formula is C34H34N4O6. The zero-order valence-electron chi connectivity index (χ0n) is 25.2. The van der Waals surface area contributed by atoms with E-state index >= 15 is 0 Å². The van der Waals surface area contributed by atoms with E-state index < -0.39 is 18.0 Å². The lowest BCUT2D eigenvalue weighted by Gasteiger charge is -2.13. The van der Waals surface area contributed by atoms with Gasteiger partial charge in [0.15, 0.2) is 11.9 Å². The number of ether oxygens (including phenoxy) is 2. The van der Waals surface area contributed by atoms with Crippen LogP contribution in [0.5, 0.6) is 11.5 Å². The first kappa shape index (κ1) is 30.0. The van der Waals surface area contributed by atoms with E-state index in [9.17, 15) is 9.59 Å². The number of nitrogens with zero attached hydrogens (tertiary/aromatic N) is 3. The molecule has 0 aliphatic heterocycles. The van der Waals surface area contributed by atoms with Gasteiger partial charge in [0.05, 0.1) is 6.21 Å². The molecule has 0 radical (unpaired) electrons. The van der Waals surface area contributed by atoms with E-state index in [2.05, 4.69) is 41.1 Å². The van der Waals surface area contributed by atoms with Gasteiger partial charge in [-0.3, -0.25) is 4.79 Å². The Balaban J connectivity index is 1.16. The number of aliphatic carboxylic acids is 1. The van der Waals surface area contributed by atoms with Gasteiger partial charge in [0.1, 0.15) is 23.9 Å². The Kier molecular flexibility index (Phi) is 8.71. The van der Waals surface area contributed by atoms with Crippen molar-refractivity contribution in [2.45, 2.75) is 47.3 Å². The van der Waals surface area contributed by atoms with Gasteiger partial charge >= 0.3 is 11.9 Å². The average molecular weight is 595 g/mol. The van der Waals surface area contributed by atoms with Crippen LogP contribution in [0.3, 0.4) is 0 Å². The maximum absolute atomic E-state index is 12.6. The van der Waals surface area contributed by atoms with E-state index in [0.29, 0.717) is 17.3 Å². The van der Waals surface area contributed by atoms with Crippen LogP contribution >= 0.6 is 0 Å². The van der Waals surface area contributed by atoms with Crippen molar-refractivity contribution >= 4 is 18.1 Å². The molecule has 2 aromatic carbocycles. The van der Waals surface area contributed by atoms with E-state index in [1.54, 1.807) is 30.5 Å². The predicted octanol–water partition coefficient (Wildman–Crippen LogP) is 6.29. The fourth-order valence-electron chi connectivity index (χ4n) is 4.96. The summed E-state index contributed by atoms with van der Waals surface area (Å²) in [5.74, 6) is 0.292. The Morgan fingerprint density at radius 2 is 1.48 bits per heavy atom. The van der Waals surface area contributed by atoms with Crippen LogP contribution in [0, 0.1) is 27.7 Å². The molecule has 0 unspecified atom stereocenters. The molecule has 10 nitrogen and oxygen atoms in total. The summed E-state index contributed by atoms with van der Waals surface area (Å²) in [6.45, 7) is 9.70. The van der Waals surface area contributed by atoms with Gasteiger partial charge in [-0.25, -0.2) is 10.2 Å². The second kappa shape index (κ2) is 12.8. The maximum atomic E-state index is 12.6. The molecule has 0 saturated heterocycles. The highest BCUT2D eigenvalue weighted by molar-refractivity contribution is 5.92. The van der Waals surface area contributed by atoms with Gasteiger partial charge in [0.2, 0.25) is 0 Å². The number of carboxylic acid groups (broad SMARTS) is 1. The number of nitrogens with one attached hydrogen (secondary N) is 1. The minimum atomic E-state index is -1.03. The number of hydrazone groups is 1. The van der Waals surface area contributed by atoms with Gasteiger partial charge < -0.3 is 28.1 Å². The van der Waals surface area contributed by atoms with Gasteiger partial charge in [-0.15, -0.1) is 0 Å². The summed E-state index contributed by atoms with van der Waals surface area (Å²) in [5.41, 5.74) is 9.48. The molecule has 0 saturated carbocycles. The summed E-state index contributed by atoms with van der Waals surface area (Å²) < 4.78 is 21.1. The van der Waals surface area contributed by atoms with Crippen molar-refractivity contribution in [1.29, 1.82) is 0 Å². The highest BCUT2D eigenvalue weighted by atomic mass is 16.5. The fourth-order valence-corrected chi connectivity index (χ4v) is 4.96. The molecule has 0 aliphatic rings. The third kappa shape index (κ3) is 6.59. The molecule has 3 heterocycles. The number of furan rings is 1. The number of carbonyl (C=O) groups excluding carboxylic acids is 1. The third-order valence-corrected chi connectivity index (χ3v) is 7.23. The van der Waals surface area contributed by atoms with Gasteiger partial charge in [-0.1, -0.05) is 0 Å². The average Bonchev–Trinajstić information content (AvgIpc) is 3.69. The predicted molar refractivity (Wildman–Crippen MR) is 166 cm³/mol. The molecule has 5 rings (SSSR count). The standard InChI is InChI=1S/C34H34N4O6/c1-21-6-7-22(2)37(21)27-8-12-29(13-9-27)42-20-31-16-17-32(44-31)33(39)36-35-19-26-18-23(3)38(24(26)4)28-10-14-30(15-11-28)43-25(5)34(40)41/h6-19,25H,20H2,1-5H3,(H,36,39)(H,40,41)/b35-19+/t25-/m0/s1. The molecule has 0 bridgehead atoms. The summed E-state index contributed by atoms with van der Waals surface area (Å²) in [4.78, 5) is 23.7. The minimum Gasteiger partial charge on any atom is -0.486 e. The summed E-state index contributed by atoms with van der Waals surface area (Å²) >= 11 is 0. The van der Waals surface area contributed by atoms with E-state index in [4.69, 9.17) is 19.0 Å². The highest BCUT2D eigenvalue weighted by Gasteiger charge is 2.15. The second-order valence-corrected chi connectivity index (χ2v) is 10.5. The van der Waals surface area contributed by atoms with Crippen molar-refractivity contribution in [3.8, 4) is 22.9 Å². The number of carbonyl (C=O) groups is 2. The first-order valence-corrected chi connectivity index (χ1v) is 14.1. The van der Waals surface area contributed by atoms with Crippen LogP contribution in [-0.2, 0) is 11.4 Å². The Labute approximate surface area is 255 Å². The normalized spacial score (nSPS) is 11.9. The van der Waals surface area contributed by atoms with Gasteiger partial charge in [-0.2, -0.15) is 5.10 Å². The van der Waals surface area contributed by atoms with E-state index in [1.165, 1.54) is 6.92 Å².